The predicted molar refractivity (Wildman–Crippen MR) is 78.3 cm³/mol. The summed E-state index contributed by atoms with van der Waals surface area (Å²) in [4.78, 5) is 22.9. The van der Waals surface area contributed by atoms with E-state index in [-0.39, 0.29) is 11.5 Å². The average Bonchev–Trinajstić information content (AvgIpc) is 2.89. The van der Waals surface area contributed by atoms with Crippen LogP contribution in [-0.4, -0.2) is 21.8 Å². The summed E-state index contributed by atoms with van der Waals surface area (Å²) in [5.41, 5.74) is 5.77. The molecule has 0 aliphatic carbocycles. The molecule has 2 heterocycles. The highest BCUT2D eigenvalue weighted by Gasteiger charge is 2.17. The van der Waals surface area contributed by atoms with Crippen molar-refractivity contribution in [2.75, 3.05) is 0 Å². The maximum absolute atomic E-state index is 11.5. The van der Waals surface area contributed by atoms with E-state index in [0.29, 0.717) is 16.8 Å². The lowest BCUT2D eigenvalue weighted by molar-refractivity contribution is -0.116. The fourth-order valence-electron chi connectivity index (χ4n) is 1.76. The van der Waals surface area contributed by atoms with Crippen molar-refractivity contribution in [1.82, 2.24) is 15.6 Å². The molecule has 6 nitrogen and oxygen atoms in total. The van der Waals surface area contributed by atoms with Crippen molar-refractivity contribution in [2.24, 2.45) is 5.10 Å². The summed E-state index contributed by atoms with van der Waals surface area (Å²) < 4.78 is 0. The van der Waals surface area contributed by atoms with Gasteiger partial charge in [0.25, 0.3) is 11.5 Å². The van der Waals surface area contributed by atoms with Crippen molar-refractivity contribution in [3.8, 4) is 0 Å². The van der Waals surface area contributed by atoms with Gasteiger partial charge in [0.15, 0.2) is 0 Å². The Morgan fingerprint density at radius 3 is 2.50 bits per heavy atom. The lowest BCUT2D eigenvalue weighted by Crippen LogP contribution is -2.12. The zero-order chi connectivity index (χ0) is 14.7. The van der Waals surface area contributed by atoms with E-state index in [1.807, 2.05) is 26.0 Å². The highest BCUT2D eigenvalue weighted by molar-refractivity contribution is 6.24. The summed E-state index contributed by atoms with van der Waals surface area (Å²) in [6.07, 6.45) is 7.09. The van der Waals surface area contributed by atoms with Gasteiger partial charge in [0.1, 0.15) is 0 Å². The van der Waals surface area contributed by atoms with Gasteiger partial charge in [-0.2, -0.15) is 5.10 Å². The highest BCUT2D eigenvalue weighted by Crippen LogP contribution is 2.08. The smallest absolute Gasteiger partial charge is 0.273 e. The lowest BCUT2D eigenvalue weighted by atomic mass is 10.1. The zero-order valence-electron chi connectivity index (χ0n) is 11.6. The minimum atomic E-state index is -0.201. The molecule has 3 N–H and O–H groups in total. The molecule has 20 heavy (non-hydrogen) atoms. The maximum Gasteiger partial charge on any atom is 0.273 e. The second-order valence-corrected chi connectivity index (χ2v) is 4.58. The number of aromatic nitrogens is 2. The first-order valence-corrected chi connectivity index (χ1v) is 6.18. The minimum Gasteiger partial charge on any atom is -0.302 e. The first-order chi connectivity index (χ1) is 9.49. The summed E-state index contributed by atoms with van der Waals surface area (Å²) >= 11 is 0. The van der Waals surface area contributed by atoms with Crippen LogP contribution in [0.4, 0.5) is 0 Å². The number of nitrogens with one attached hydrogen (secondary N) is 3. The average molecular weight is 272 g/mol. The van der Waals surface area contributed by atoms with Crippen LogP contribution in [0.5, 0.6) is 0 Å². The van der Waals surface area contributed by atoms with Crippen molar-refractivity contribution in [1.29, 1.82) is 0 Å². The first-order valence-electron chi connectivity index (χ1n) is 6.18. The van der Waals surface area contributed by atoms with Gasteiger partial charge >= 0.3 is 0 Å². The molecule has 0 radical (unpaired) electrons. The Hall–Kier alpha value is -2.63. The molecule has 1 aromatic rings. The third-order valence-electron chi connectivity index (χ3n) is 3.00. The second kappa shape index (κ2) is 5.56. The molecule has 0 atom stereocenters. The number of amides is 1. The van der Waals surface area contributed by atoms with E-state index in [4.69, 9.17) is 0 Å². The fourth-order valence-corrected chi connectivity index (χ4v) is 1.76. The first kappa shape index (κ1) is 13.8. The van der Waals surface area contributed by atoms with Crippen molar-refractivity contribution < 1.29 is 4.79 Å². The Kier molecular flexibility index (Phi) is 3.84. The van der Waals surface area contributed by atoms with Gasteiger partial charge in [-0.1, -0.05) is 17.7 Å². The number of aryl methyl sites for hydroxylation is 1. The number of hydrogen-bond donors (Lipinski definition) is 3. The molecule has 0 saturated heterocycles. The standard InChI is InChI=1S/C14H16N4O2/c1-8(4-6-11-9(2)15-17-13(11)19)5-7-12-10(3)16-18-14(12)20/h4-7H,1-3H3,(H,17,19)(H2,16,18,20)/b7-5+,8-4+,11-6-. The third kappa shape index (κ3) is 2.85. The van der Waals surface area contributed by atoms with Crippen LogP contribution >= 0.6 is 0 Å². The molecular formula is C14H16N4O2. The van der Waals surface area contributed by atoms with Gasteiger partial charge in [-0.15, -0.1) is 0 Å². The Labute approximate surface area is 116 Å². The number of nitrogens with zero attached hydrogens (tertiary/aromatic N) is 1. The number of rotatable bonds is 3. The number of hydrogen-bond acceptors (Lipinski definition) is 3. The Morgan fingerprint density at radius 2 is 1.95 bits per heavy atom. The molecule has 0 unspecified atom stereocenters. The number of carbonyl (C=O) groups excluding carboxylic acids is 1. The van der Waals surface area contributed by atoms with Gasteiger partial charge in [-0.05, 0) is 32.9 Å². The van der Waals surface area contributed by atoms with E-state index in [1.54, 1.807) is 19.1 Å². The second-order valence-electron chi connectivity index (χ2n) is 4.58. The predicted octanol–water partition coefficient (Wildman–Crippen LogP) is 1.40. The summed E-state index contributed by atoms with van der Waals surface area (Å²) in [6, 6.07) is 0. The molecule has 6 heteroatoms. The normalized spacial score (nSPS) is 17.9. The van der Waals surface area contributed by atoms with Crippen LogP contribution in [0.3, 0.4) is 0 Å². The molecule has 1 aromatic heterocycles. The molecule has 1 amide bonds. The summed E-state index contributed by atoms with van der Waals surface area (Å²) in [6.45, 7) is 5.48. The molecule has 1 aliphatic heterocycles. The van der Waals surface area contributed by atoms with Gasteiger partial charge in [-0.25, -0.2) is 5.43 Å². The Morgan fingerprint density at radius 1 is 1.20 bits per heavy atom. The molecule has 104 valence electrons. The van der Waals surface area contributed by atoms with Gasteiger partial charge < -0.3 is 5.10 Å². The highest BCUT2D eigenvalue weighted by atomic mass is 16.2. The SMILES string of the molecule is CC1=NNC(=O)\C1=C/C=C(C)/C=C/c1c(C)[nH][nH]c1=O. The quantitative estimate of drug-likeness (QED) is 0.573. The van der Waals surface area contributed by atoms with Crippen molar-refractivity contribution in [3.63, 3.8) is 0 Å². The van der Waals surface area contributed by atoms with Gasteiger partial charge in [0, 0.05) is 5.69 Å². The van der Waals surface area contributed by atoms with Crippen LogP contribution in [0.2, 0.25) is 0 Å². The molecule has 0 saturated carbocycles. The van der Waals surface area contributed by atoms with Crippen molar-refractivity contribution in [2.45, 2.75) is 20.8 Å². The molecule has 0 bridgehead atoms. The summed E-state index contributed by atoms with van der Waals surface area (Å²) in [5.74, 6) is -0.201. The molecule has 2 rings (SSSR count). The number of hydrazone groups is 1. The third-order valence-corrected chi connectivity index (χ3v) is 3.00. The topological polar surface area (TPSA) is 90.1 Å². The molecular weight excluding hydrogens is 256 g/mol. The molecule has 0 aromatic carbocycles. The Balaban J connectivity index is 2.17. The summed E-state index contributed by atoms with van der Waals surface area (Å²) in [5, 5.41) is 9.12. The van der Waals surface area contributed by atoms with Gasteiger partial charge in [-0.3, -0.25) is 14.7 Å². The van der Waals surface area contributed by atoms with E-state index < -0.39 is 0 Å². The molecule has 1 aliphatic rings. The summed E-state index contributed by atoms with van der Waals surface area (Å²) in [7, 11) is 0. The number of H-pyrrole nitrogens is 2. The number of aromatic amines is 2. The van der Waals surface area contributed by atoms with E-state index in [2.05, 4.69) is 20.7 Å². The van der Waals surface area contributed by atoms with Crippen LogP contribution in [0, 0.1) is 6.92 Å². The number of carbonyl (C=O) groups is 1. The minimum absolute atomic E-state index is 0.150. The van der Waals surface area contributed by atoms with Crippen LogP contribution in [0.25, 0.3) is 6.08 Å². The zero-order valence-corrected chi connectivity index (χ0v) is 11.6. The van der Waals surface area contributed by atoms with Crippen LogP contribution < -0.4 is 11.0 Å². The van der Waals surface area contributed by atoms with Crippen molar-refractivity contribution in [3.05, 3.63) is 51.0 Å². The van der Waals surface area contributed by atoms with E-state index in [9.17, 15) is 9.59 Å². The van der Waals surface area contributed by atoms with Crippen LogP contribution in [0.15, 0.2) is 39.3 Å². The largest absolute Gasteiger partial charge is 0.302 e. The van der Waals surface area contributed by atoms with Crippen LogP contribution in [0.1, 0.15) is 25.1 Å². The monoisotopic (exact) mass is 272 g/mol. The van der Waals surface area contributed by atoms with Gasteiger partial charge in [0.05, 0.1) is 16.8 Å². The van der Waals surface area contributed by atoms with Crippen molar-refractivity contribution >= 4 is 17.7 Å². The van der Waals surface area contributed by atoms with E-state index in [0.717, 1.165) is 11.3 Å². The maximum atomic E-state index is 11.5. The van der Waals surface area contributed by atoms with Crippen LogP contribution in [-0.2, 0) is 4.79 Å². The van der Waals surface area contributed by atoms with E-state index in [1.165, 1.54) is 0 Å². The van der Waals surface area contributed by atoms with Gasteiger partial charge in [0.2, 0.25) is 0 Å². The van der Waals surface area contributed by atoms with E-state index >= 15 is 0 Å². The molecule has 0 spiro atoms. The lowest BCUT2D eigenvalue weighted by Gasteiger charge is -1.93. The fraction of sp³-hybridized carbons (Fsp3) is 0.214. The molecule has 0 fully saturated rings. The Bertz CT molecular complexity index is 714. The number of allylic oxidation sites excluding steroid dienone is 4.